The molecule has 3 aromatic carbocycles. The van der Waals surface area contributed by atoms with Crippen LogP contribution in [0, 0.1) is 83.1 Å². The third-order valence-electron chi connectivity index (χ3n) is 9.42. The molecule has 0 N–H and O–H groups in total. The van der Waals surface area contributed by atoms with Crippen molar-refractivity contribution in [3.8, 4) is 22.3 Å². The van der Waals surface area contributed by atoms with Crippen LogP contribution in [0.25, 0.3) is 28.3 Å². The molecule has 0 nitrogen and oxygen atoms in total. The summed E-state index contributed by atoms with van der Waals surface area (Å²) in [6, 6.07) is 0. The van der Waals surface area contributed by atoms with E-state index in [1.165, 1.54) is 101 Å². The van der Waals surface area contributed by atoms with Crippen LogP contribution in [0.2, 0.25) is 0 Å². The van der Waals surface area contributed by atoms with Gasteiger partial charge in [-0.05, 0) is 197 Å². The third kappa shape index (κ3) is 4.17. The van der Waals surface area contributed by atoms with E-state index in [0.717, 1.165) is 6.42 Å². The minimum atomic E-state index is 1.16. The molecule has 0 aromatic heterocycles. The maximum Gasteiger partial charge on any atom is -0.0114 e. The number of benzene rings is 3. The molecule has 0 fully saturated rings. The van der Waals surface area contributed by atoms with E-state index in [4.69, 9.17) is 0 Å². The van der Waals surface area contributed by atoms with Crippen LogP contribution < -0.4 is 0 Å². The van der Waals surface area contributed by atoms with Gasteiger partial charge in [-0.3, -0.25) is 0 Å². The molecule has 0 radical (unpaired) electrons. The average Bonchev–Trinajstić information content (AvgIpc) is 2.85. The van der Waals surface area contributed by atoms with Crippen LogP contribution in [-0.4, -0.2) is 0 Å². The summed E-state index contributed by atoms with van der Waals surface area (Å²) < 4.78 is 0. The van der Waals surface area contributed by atoms with Crippen LogP contribution in [0.5, 0.6) is 0 Å². The highest BCUT2D eigenvalue weighted by atomic mass is 14.3. The van der Waals surface area contributed by atoms with Gasteiger partial charge < -0.3 is 0 Å². The van der Waals surface area contributed by atoms with Crippen molar-refractivity contribution in [2.24, 2.45) is 0 Å². The van der Waals surface area contributed by atoms with Gasteiger partial charge in [-0.25, -0.2) is 0 Å². The first-order valence-corrected chi connectivity index (χ1v) is 13.8. The summed E-state index contributed by atoms with van der Waals surface area (Å²) in [6.45, 7) is 32.3. The molecular formula is C36H48. The van der Waals surface area contributed by atoms with Crippen LogP contribution in [0.1, 0.15) is 98.2 Å². The first-order chi connectivity index (χ1) is 16.8. The Balaban J connectivity index is 2.45. The van der Waals surface area contributed by atoms with E-state index in [2.05, 4.69) is 109 Å². The summed E-state index contributed by atoms with van der Waals surface area (Å²) >= 11 is 0. The molecule has 0 aliphatic rings. The van der Waals surface area contributed by atoms with E-state index < -0.39 is 0 Å². The van der Waals surface area contributed by atoms with E-state index >= 15 is 0 Å². The smallest absolute Gasteiger partial charge is 0.0114 e. The van der Waals surface area contributed by atoms with E-state index in [-0.39, 0.29) is 0 Å². The fourth-order valence-corrected chi connectivity index (χ4v) is 6.59. The Hall–Kier alpha value is -2.60. The van der Waals surface area contributed by atoms with Crippen molar-refractivity contribution in [1.82, 2.24) is 0 Å². The molecule has 0 unspecified atom stereocenters. The van der Waals surface area contributed by atoms with Crippen LogP contribution >= 0.6 is 0 Å². The lowest BCUT2D eigenvalue weighted by atomic mass is 9.76. The van der Waals surface area contributed by atoms with Crippen molar-refractivity contribution in [1.29, 1.82) is 0 Å². The molecule has 0 aliphatic carbocycles. The molecule has 36 heavy (non-hydrogen) atoms. The average molecular weight is 481 g/mol. The summed E-state index contributed by atoms with van der Waals surface area (Å²) in [5, 5.41) is 0. The predicted molar refractivity (Wildman–Crippen MR) is 163 cm³/mol. The SMILES string of the molecule is CC=Cc1c(C)c(C)c(-c2c(C)c(C)c(-c3c(C)c(C)c(CCC)c(C)c3C)c(C)c2C)c(C)c1C. The quantitative estimate of drug-likeness (QED) is 0.340. The molecule has 0 bridgehead atoms. The minimum absolute atomic E-state index is 1.16. The molecular weight excluding hydrogens is 432 g/mol. The molecule has 0 amide bonds. The zero-order valence-corrected chi connectivity index (χ0v) is 25.6. The van der Waals surface area contributed by atoms with Crippen LogP contribution in [-0.2, 0) is 6.42 Å². The van der Waals surface area contributed by atoms with Gasteiger partial charge >= 0.3 is 0 Å². The summed E-state index contributed by atoms with van der Waals surface area (Å²) in [5.41, 5.74) is 25.9. The standard InChI is InChI=1S/C36H48/c1-15-17-31-19(3)23(7)33(24(8)20(31)4)35-27(11)29(13)36(30(14)28(35)12)34-25(9)21(5)32(18-16-2)22(6)26(34)10/h15,17H,16,18H2,1-14H3. The fraction of sp³-hybridized carbons (Fsp3) is 0.444. The maximum absolute atomic E-state index is 2.35. The lowest BCUT2D eigenvalue weighted by Crippen LogP contribution is -2.08. The van der Waals surface area contributed by atoms with Crippen molar-refractivity contribution in [3.05, 3.63) is 84.0 Å². The minimum Gasteiger partial charge on any atom is -0.0870 e. The third-order valence-corrected chi connectivity index (χ3v) is 9.42. The van der Waals surface area contributed by atoms with Gasteiger partial charge in [0.15, 0.2) is 0 Å². The second-order valence-corrected chi connectivity index (χ2v) is 11.1. The number of allylic oxidation sites excluding steroid dienone is 1. The first kappa shape index (κ1) is 28.0. The van der Waals surface area contributed by atoms with Crippen LogP contribution in [0.4, 0.5) is 0 Å². The van der Waals surface area contributed by atoms with E-state index in [1.54, 1.807) is 5.56 Å². The Kier molecular flexibility index (Phi) is 8.09. The van der Waals surface area contributed by atoms with Gasteiger partial charge in [0.05, 0.1) is 0 Å². The number of hydrogen-bond acceptors (Lipinski definition) is 0. The van der Waals surface area contributed by atoms with Crippen LogP contribution in [0.15, 0.2) is 6.08 Å². The summed E-state index contributed by atoms with van der Waals surface area (Å²) in [7, 11) is 0. The van der Waals surface area contributed by atoms with Gasteiger partial charge in [0.2, 0.25) is 0 Å². The molecule has 0 spiro atoms. The predicted octanol–water partition coefficient (Wildman–Crippen LogP) is 10.7. The molecule has 0 atom stereocenters. The maximum atomic E-state index is 2.35. The van der Waals surface area contributed by atoms with Gasteiger partial charge in [-0.15, -0.1) is 0 Å². The van der Waals surface area contributed by atoms with Crippen molar-refractivity contribution < 1.29 is 0 Å². The largest absolute Gasteiger partial charge is 0.0870 e. The van der Waals surface area contributed by atoms with Crippen molar-refractivity contribution in [2.75, 3.05) is 0 Å². The van der Waals surface area contributed by atoms with Gasteiger partial charge in [-0.2, -0.15) is 0 Å². The van der Waals surface area contributed by atoms with Gasteiger partial charge in [0.1, 0.15) is 0 Å². The Morgan fingerprint density at radius 3 is 0.972 bits per heavy atom. The Morgan fingerprint density at radius 2 is 0.694 bits per heavy atom. The Morgan fingerprint density at radius 1 is 0.417 bits per heavy atom. The highest BCUT2D eigenvalue weighted by molar-refractivity contribution is 5.89. The van der Waals surface area contributed by atoms with Gasteiger partial charge in [-0.1, -0.05) is 25.5 Å². The lowest BCUT2D eigenvalue weighted by Gasteiger charge is -2.28. The molecule has 0 saturated carbocycles. The van der Waals surface area contributed by atoms with Gasteiger partial charge in [0.25, 0.3) is 0 Å². The van der Waals surface area contributed by atoms with Crippen molar-refractivity contribution in [2.45, 2.75) is 110 Å². The van der Waals surface area contributed by atoms with E-state index in [9.17, 15) is 0 Å². The molecule has 0 heterocycles. The van der Waals surface area contributed by atoms with Crippen LogP contribution in [0.3, 0.4) is 0 Å². The summed E-state index contributed by atoms with van der Waals surface area (Å²) in [5.74, 6) is 0. The van der Waals surface area contributed by atoms with E-state index in [0.29, 0.717) is 0 Å². The Bertz CT molecular complexity index is 1300. The number of hydrogen-bond donors (Lipinski definition) is 0. The number of rotatable bonds is 5. The normalized spacial score (nSPS) is 11.7. The lowest BCUT2D eigenvalue weighted by molar-refractivity contribution is 0.897. The molecule has 192 valence electrons. The first-order valence-electron chi connectivity index (χ1n) is 13.8. The second-order valence-electron chi connectivity index (χ2n) is 11.1. The fourth-order valence-electron chi connectivity index (χ4n) is 6.59. The highest BCUT2D eigenvalue weighted by Crippen LogP contribution is 2.45. The monoisotopic (exact) mass is 480 g/mol. The van der Waals surface area contributed by atoms with Crippen molar-refractivity contribution in [3.63, 3.8) is 0 Å². The molecule has 0 heteroatoms. The highest BCUT2D eigenvalue weighted by Gasteiger charge is 2.25. The zero-order chi connectivity index (χ0) is 27.2. The zero-order valence-electron chi connectivity index (χ0n) is 25.6. The summed E-state index contributed by atoms with van der Waals surface area (Å²) in [4.78, 5) is 0. The topological polar surface area (TPSA) is 0 Å². The molecule has 0 aliphatic heterocycles. The van der Waals surface area contributed by atoms with E-state index in [1.807, 2.05) is 0 Å². The summed E-state index contributed by atoms with van der Waals surface area (Å²) in [6.07, 6.45) is 6.78. The second kappa shape index (κ2) is 10.4. The van der Waals surface area contributed by atoms with Gasteiger partial charge in [0, 0.05) is 0 Å². The molecule has 3 rings (SSSR count). The molecule has 0 saturated heterocycles. The Labute approximate surface area is 221 Å². The molecule has 3 aromatic rings. The van der Waals surface area contributed by atoms with Crippen molar-refractivity contribution >= 4 is 6.08 Å².